The first kappa shape index (κ1) is 18.3. The van der Waals surface area contributed by atoms with E-state index in [0.29, 0.717) is 22.9 Å². The van der Waals surface area contributed by atoms with Gasteiger partial charge in [0.15, 0.2) is 0 Å². The molecule has 1 aliphatic carbocycles. The molecule has 0 aliphatic heterocycles. The van der Waals surface area contributed by atoms with Crippen LogP contribution in [0.3, 0.4) is 0 Å². The fourth-order valence-corrected chi connectivity index (χ4v) is 3.05. The minimum absolute atomic E-state index is 0.128. The van der Waals surface area contributed by atoms with Crippen molar-refractivity contribution < 1.29 is 14.3 Å². The predicted octanol–water partition coefficient (Wildman–Crippen LogP) is 4.18. The number of aryl methyl sites for hydroxylation is 2. The maximum atomic E-state index is 12.5. The minimum Gasteiger partial charge on any atom is -0.495 e. The van der Waals surface area contributed by atoms with Crippen molar-refractivity contribution in [2.75, 3.05) is 17.7 Å². The van der Waals surface area contributed by atoms with Gasteiger partial charge >= 0.3 is 0 Å². The fraction of sp³-hybridized carbons (Fsp3) is 0.300. The fourth-order valence-electron chi connectivity index (χ4n) is 2.87. The Morgan fingerprint density at radius 1 is 1.00 bits per heavy atom. The zero-order valence-electron chi connectivity index (χ0n) is 14.9. The van der Waals surface area contributed by atoms with Crippen LogP contribution in [-0.4, -0.2) is 18.9 Å². The molecule has 0 spiro atoms. The molecule has 0 heterocycles. The second-order valence-electron chi connectivity index (χ2n) is 6.59. The van der Waals surface area contributed by atoms with Crippen LogP contribution >= 0.6 is 11.6 Å². The number of hydrogen-bond donors (Lipinski definition) is 2. The molecule has 6 heteroatoms. The molecule has 2 amide bonds. The normalized spacial score (nSPS) is 18.2. The minimum atomic E-state index is -0.344. The molecule has 1 fully saturated rings. The first-order valence-electron chi connectivity index (χ1n) is 8.41. The van der Waals surface area contributed by atoms with Crippen molar-refractivity contribution in [3.8, 4) is 5.75 Å². The Balaban J connectivity index is 1.63. The number of amides is 2. The van der Waals surface area contributed by atoms with Crippen LogP contribution in [0, 0.1) is 25.7 Å². The van der Waals surface area contributed by atoms with Crippen molar-refractivity contribution in [2.24, 2.45) is 11.8 Å². The quantitative estimate of drug-likeness (QED) is 0.827. The molecule has 2 aromatic carbocycles. The highest BCUT2D eigenvalue weighted by molar-refractivity contribution is 6.31. The molecule has 2 unspecified atom stereocenters. The van der Waals surface area contributed by atoms with Crippen LogP contribution in [0.5, 0.6) is 5.75 Å². The van der Waals surface area contributed by atoms with E-state index in [4.69, 9.17) is 16.3 Å². The number of carbonyl (C=O) groups excluding carboxylic acids is 2. The highest BCUT2D eigenvalue weighted by Gasteiger charge is 2.48. The summed E-state index contributed by atoms with van der Waals surface area (Å²) in [6, 6.07) is 10.9. The van der Waals surface area contributed by atoms with Crippen LogP contribution in [0.25, 0.3) is 0 Å². The first-order chi connectivity index (χ1) is 12.4. The van der Waals surface area contributed by atoms with E-state index >= 15 is 0 Å². The molecule has 0 radical (unpaired) electrons. The Kier molecular flexibility index (Phi) is 5.18. The largest absolute Gasteiger partial charge is 0.495 e. The highest BCUT2D eigenvalue weighted by Crippen LogP contribution is 2.41. The molecule has 3 rings (SSSR count). The van der Waals surface area contributed by atoms with Gasteiger partial charge in [0.1, 0.15) is 5.75 Å². The van der Waals surface area contributed by atoms with E-state index in [1.165, 1.54) is 7.11 Å². The van der Waals surface area contributed by atoms with Gasteiger partial charge in [-0.15, -0.1) is 0 Å². The summed E-state index contributed by atoms with van der Waals surface area (Å²) in [7, 11) is 1.52. The Labute approximate surface area is 157 Å². The van der Waals surface area contributed by atoms with Gasteiger partial charge in [0, 0.05) is 10.7 Å². The van der Waals surface area contributed by atoms with E-state index in [0.717, 1.165) is 16.8 Å². The van der Waals surface area contributed by atoms with E-state index in [1.807, 2.05) is 32.0 Å². The summed E-state index contributed by atoms with van der Waals surface area (Å²) in [5.74, 6) is -0.465. The lowest BCUT2D eigenvalue weighted by molar-refractivity contribution is -0.122. The van der Waals surface area contributed by atoms with E-state index in [2.05, 4.69) is 10.6 Å². The third kappa shape index (κ3) is 3.99. The average molecular weight is 373 g/mol. The second-order valence-corrected chi connectivity index (χ2v) is 7.03. The Morgan fingerprint density at radius 2 is 1.65 bits per heavy atom. The van der Waals surface area contributed by atoms with Crippen LogP contribution in [0.15, 0.2) is 36.4 Å². The third-order valence-electron chi connectivity index (χ3n) is 4.53. The van der Waals surface area contributed by atoms with Crippen molar-refractivity contribution in [3.05, 3.63) is 52.5 Å². The number of hydrogen-bond acceptors (Lipinski definition) is 3. The van der Waals surface area contributed by atoms with Gasteiger partial charge in [-0.1, -0.05) is 23.7 Å². The average Bonchev–Trinajstić information content (AvgIpc) is 3.39. The van der Waals surface area contributed by atoms with Gasteiger partial charge in [0.25, 0.3) is 0 Å². The molecular weight excluding hydrogens is 352 g/mol. The first-order valence-corrected chi connectivity index (χ1v) is 8.79. The van der Waals surface area contributed by atoms with Gasteiger partial charge in [0.05, 0.1) is 24.6 Å². The van der Waals surface area contributed by atoms with Crippen molar-refractivity contribution in [1.29, 1.82) is 0 Å². The van der Waals surface area contributed by atoms with E-state index in [1.54, 1.807) is 18.2 Å². The lowest BCUT2D eigenvalue weighted by Crippen LogP contribution is -2.21. The maximum Gasteiger partial charge on any atom is 0.228 e. The number of ether oxygens (including phenoxy) is 1. The zero-order chi connectivity index (χ0) is 18.8. The molecule has 0 saturated heterocycles. The number of methoxy groups -OCH3 is 1. The number of nitrogens with one attached hydrogen (secondary N) is 2. The van der Waals surface area contributed by atoms with Crippen molar-refractivity contribution in [1.82, 2.24) is 0 Å². The van der Waals surface area contributed by atoms with Crippen molar-refractivity contribution in [3.63, 3.8) is 0 Å². The van der Waals surface area contributed by atoms with Crippen LogP contribution < -0.4 is 15.4 Å². The monoisotopic (exact) mass is 372 g/mol. The van der Waals surface area contributed by atoms with Gasteiger partial charge < -0.3 is 15.4 Å². The molecule has 1 saturated carbocycles. The number of anilines is 2. The molecule has 5 nitrogen and oxygen atoms in total. The molecule has 2 atom stereocenters. The molecule has 0 bridgehead atoms. The summed E-state index contributed by atoms with van der Waals surface area (Å²) in [6.07, 6.45) is 0.533. The Hall–Kier alpha value is -2.53. The summed E-state index contributed by atoms with van der Waals surface area (Å²) < 4.78 is 5.23. The van der Waals surface area contributed by atoms with Crippen molar-refractivity contribution in [2.45, 2.75) is 20.3 Å². The number of carbonyl (C=O) groups is 2. The summed E-state index contributed by atoms with van der Waals surface area (Å²) in [5.41, 5.74) is 3.36. The lowest BCUT2D eigenvalue weighted by atomic mass is 10.1. The van der Waals surface area contributed by atoms with Crippen LogP contribution in [0.2, 0.25) is 5.02 Å². The summed E-state index contributed by atoms with van der Waals surface area (Å²) in [5, 5.41) is 6.23. The number of benzene rings is 2. The Bertz CT molecular complexity index is 866. The highest BCUT2D eigenvalue weighted by atomic mass is 35.5. The van der Waals surface area contributed by atoms with Gasteiger partial charge in [-0.25, -0.2) is 0 Å². The molecule has 2 N–H and O–H groups in total. The third-order valence-corrected chi connectivity index (χ3v) is 4.77. The van der Waals surface area contributed by atoms with Crippen molar-refractivity contribution >= 4 is 34.8 Å². The molecule has 2 aromatic rings. The summed E-state index contributed by atoms with van der Waals surface area (Å²) in [4.78, 5) is 24.9. The van der Waals surface area contributed by atoms with E-state index in [-0.39, 0.29) is 23.7 Å². The smallest absolute Gasteiger partial charge is 0.228 e. The van der Waals surface area contributed by atoms with E-state index in [9.17, 15) is 9.59 Å². The number of halogens is 1. The Morgan fingerprint density at radius 3 is 2.31 bits per heavy atom. The second kappa shape index (κ2) is 7.38. The van der Waals surface area contributed by atoms with Crippen LogP contribution in [0.1, 0.15) is 17.5 Å². The lowest BCUT2D eigenvalue weighted by Gasteiger charge is -2.11. The zero-order valence-corrected chi connectivity index (χ0v) is 15.7. The van der Waals surface area contributed by atoms with Crippen LogP contribution in [0.4, 0.5) is 11.4 Å². The summed E-state index contributed by atoms with van der Waals surface area (Å²) >= 11 is 5.98. The molecule has 0 aromatic heterocycles. The molecule has 1 aliphatic rings. The van der Waals surface area contributed by atoms with Gasteiger partial charge in [-0.05, 0) is 55.7 Å². The SMILES string of the molecule is COc1ccc(Cl)cc1NC(=O)C1CC1C(=O)Nc1cc(C)ccc1C. The summed E-state index contributed by atoms with van der Waals surface area (Å²) in [6.45, 7) is 3.92. The van der Waals surface area contributed by atoms with E-state index < -0.39 is 0 Å². The molecule has 26 heavy (non-hydrogen) atoms. The maximum absolute atomic E-state index is 12.5. The van der Waals surface area contributed by atoms with Gasteiger partial charge in [-0.3, -0.25) is 9.59 Å². The molecule has 136 valence electrons. The van der Waals surface area contributed by atoms with Gasteiger partial charge in [-0.2, -0.15) is 0 Å². The standard InChI is InChI=1S/C20H21ClN2O3/c1-11-4-5-12(2)16(8-11)22-19(24)14-10-15(14)20(25)23-17-9-13(21)6-7-18(17)26-3/h4-9,14-15H,10H2,1-3H3,(H,22,24)(H,23,25). The topological polar surface area (TPSA) is 67.4 Å². The van der Waals surface area contributed by atoms with Gasteiger partial charge in [0.2, 0.25) is 11.8 Å². The van der Waals surface area contributed by atoms with Crippen LogP contribution in [-0.2, 0) is 9.59 Å². The number of rotatable bonds is 5. The predicted molar refractivity (Wildman–Crippen MR) is 103 cm³/mol. The molecular formula is C20H21ClN2O3.